The Morgan fingerprint density at radius 3 is 2.69 bits per heavy atom. The van der Waals surface area contributed by atoms with Crippen LogP contribution < -0.4 is 15.4 Å². The maximum absolute atomic E-state index is 12.2. The lowest BCUT2D eigenvalue weighted by Gasteiger charge is -2.09. The van der Waals surface area contributed by atoms with Crippen molar-refractivity contribution in [1.29, 1.82) is 0 Å². The van der Waals surface area contributed by atoms with Crippen molar-refractivity contribution >= 4 is 17.5 Å². The Bertz CT molecular complexity index is 953. The summed E-state index contributed by atoms with van der Waals surface area (Å²) in [5.74, 6) is 0.343. The predicted octanol–water partition coefficient (Wildman–Crippen LogP) is 3.89. The van der Waals surface area contributed by atoms with E-state index >= 15 is 0 Å². The minimum absolute atomic E-state index is 0.114. The standard InChI is InChI=1S/C22H23N3O4/c1-2-3-12-28-18-11-7-10-17(13-18)24-21(26)15-23-22(27)19-14-20(29-25-19)16-8-5-4-6-9-16/h4-11,13-14H,2-3,12,15H2,1H3,(H,23,27)(H,24,26). The largest absolute Gasteiger partial charge is 0.494 e. The van der Waals surface area contributed by atoms with E-state index in [0.717, 1.165) is 18.4 Å². The molecule has 7 nitrogen and oxygen atoms in total. The topological polar surface area (TPSA) is 93.5 Å². The second kappa shape index (κ2) is 10.1. The van der Waals surface area contributed by atoms with Gasteiger partial charge in [-0.25, -0.2) is 0 Å². The average molecular weight is 393 g/mol. The Morgan fingerprint density at radius 2 is 1.90 bits per heavy atom. The summed E-state index contributed by atoms with van der Waals surface area (Å²) < 4.78 is 10.8. The number of nitrogens with zero attached hydrogens (tertiary/aromatic N) is 1. The molecule has 0 radical (unpaired) electrons. The summed E-state index contributed by atoms with van der Waals surface area (Å²) in [4.78, 5) is 24.3. The van der Waals surface area contributed by atoms with Crippen LogP contribution in [0, 0.1) is 0 Å². The van der Waals surface area contributed by atoms with Crippen LogP contribution in [-0.4, -0.2) is 30.1 Å². The van der Waals surface area contributed by atoms with Crippen LogP contribution in [0.3, 0.4) is 0 Å². The molecule has 29 heavy (non-hydrogen) atoms. The maximum atomic E-state index is 12.2. The molecule has 0 saturated carbocycles. The van der Waals surface area contributed by atoms with Crippen molar-refractivity contribution in [3.63, 3.8) is 0 Å². The number of anilines is 1. The van der Waals surface area contributed by atoms with Gasteiger partial charge in [-0.1, -0.05) is 54.9 Å². The molecule has 0 aliphatic rings. The number of amides is 2. The van der Waals surface area contributed by atoms with Crippen molar-refractivity contribution in [3.05, 3.63) is 66.4 Å². The number of hydrogen-bond donors (Lipinski definition) is 2. The Morgan fingerprint density at radius 1 is 1.07 bits per heavy atom. The van der Waals surface area contributed by atoms with Crippen molar-refractivity contribution in [2.45, 2.75) is 19.8 Å². The van der Waals surface area contributed by atoms with Crippen LogP contribution in [0.1, 0.15) is 30.3 Å². The van der Waals surface area contributed by atoms with E-state index in [4.69, 9.17) is 9.26 Å². The number of unbranched alkanes of at least 4 members (excludes halogenated alkanes) is 1. The zero-order chi connectivity index (χ0) is 20.5. The highest BCUT2D eigenvalue weighted by Crippen LogP contribution is 2.20. The molecule has 1 heterocycles. The molecule has 0 atom stereocenters. The number of carbonyl (C=O) groups is 2. The Hall–Kier alpha value is -3.61. The molecule has 1 aromatic heterocycles. The van der Waals surface area contributed by atoms with Crippen LogP contribution in [0.2, 0.25) is 0 Å². The minimum atomic E-state index is -0.484. The fourth-order valence-corrected chi connectivity index (χ4v) is 2.57. The quantitative estimate of drug-likeness (QED) is 0.538. The molecule has 2 amide bonds. The van der Waals surface area contributed by atoms with Crippen molar-refractivity contribution in [1.82, 2.24) is 10.5 Å². The van der Waals surface area contributed by atoms with E-state index in [0.29, 0.717) is 23.8 Å². The molecule has 3 rings (SSSR count). The number of aromatic nitrogens is 1. The van der Waals surface area contributed by atoms with E-state index in [1.165, 1.54) is 0 Å². The first-order valence-corrected chi connectivity index (χ1v) is 9.48. The molecular weight excluding hydrogens is 370 g/mol. The number of benzene rings is 2. The molecular formula is C22H23N3O4. The van der Waals surface area contributed by atoms with Gasteiger partial charge >= 0.3 is 0 Å². The summed E-state index contributed by atoms with van der Waals surface area (Å²) in [6, 6.07) is 18.0. The van der Waals surface area contributed by atoms with E-state index in [1.54, 1.807) is 24.3 Å². The summed E-state index contributed by atoms with van der Waals surface area (Å²) in [5, 5.41) is 9.03. The zero-order valence-electron chi connectivity index (χ0n) is 16.2. The third-order valence-corrected chi connectivity index (χ3v) is 4.10. The molecule has 2 N–H and O–H groups in total. The second-order valence-electron chi connectivity index (χ2n) is 6.40. The van der Waals surface area contributed by atoms with E-state index in [9.17, 15) is 9.59 Å². The van der Waals surface area contributed by atoms with Gasteiger partial charge in [-0.2, -0.15) is 0 Å². The highest BCUT2D eigenvalue weighted by Gasteiger charge is 2.14. The molecule has 0 aliphatic heterocycles. The lowest BCUT2D eigenvalue weighted by Crippen LogP contribution is -2.33. The molecule has 0 bridgehead atoms. The van der Waals surface area contributed by atoms with Gasteiger partial charge in [0.05, 0.1) is 13.2 Å². The zero-order valence-corrected chi connectivity index (χ0v) is 16.2. The minimum Gasteiger partial charge on any atom is -0.494 e. The monoisotopic (exact) mass is 393 g/mol. The summed E-state index contributed by atoms with van der Waals surface area (Å²) >= 11 is 0. The van der Waals surface area contributed by atoms with Crippen molar-refractivity contribution in [3.8, 4) is 17.1 Å². The second-order valence-corrected chi connectivity index (χ2v) is 6.40. The van der Waals surface area contributed by atoms with Crippen LogP contribution in [0.15, 0.2) is 65.2 Å². The van der Waals surface area contributed by atoms with Gasteiger partial charge in [0.15, 0.2) is 11.5 Å². The van der Waals surface area contributed by atoms with Gasteiger partial charge in [0.25, 0.3) is 5.91 Å². The number of ether oxygens (including phenoxy) is 1. The average Bonchev–Trinajstić information content (AvgIpc) is 3.24. The fourth-order valence-electron chi connectivity index (χ4n) is 2.57. The summed E-state index contributed by atoms with van der Waals surface area (Å²) in [7, 11) is 0. The molecule has 150 valence electrons. The Kier molecular flexibility index (Phi) is 7.00. The first-order valence-electron chi connectivity index (χ1n) is 9.48. The van der Waals surface area contributed by atoms with Crippen molar-refractivity contribution < 1.29 is 18.8 Å². The molecule has 0 saturated heterocycles. The van der Waals surface area contributed by atoms with Crippen LogP contribution in [-0.2, 0) is 4.79 Å². The van der Waals surface area contributed by atoms with Crippen LogP contribution >= 0.6 is 0 Å². The predicted molar refractivity (Wildman–Crippen MR) is 110 cm³/mol. The number of hydrogen-bond acceptors (Lipinski definition) is 5. The van der Waals surface area contributed by atoms with Crippen LogP contribution in [0.5, 0.6) is 5.75 Å². The smallest absolute Gasteiger partial charge is 0.273 e. The van der Waals surface area contributed by atoms with Gasteiger partial charge < -0.3 is 19.9 Å². The molecule has 0 aliphatic carbocycles. The molecule has 0 spiro atoms. The highest BCUT2D eigenvalue weighted by molar-refractivity contribution is 5.98. The van der Waals surface area contributed by atoms with Crippen LogP contribution in [0.4, 0.5) is 5.69 Å². The first kappa shape index (κ1) is 20.1. The molecule has 3 aromatic rings. The fraction of sp³-hybridized carbons (Fsp3) is 0.227. The van der Waals surface area contributed by atoms with Gasteiger partial charge in [0.2, 0.25) is 5.91 Å². The molecule has 2 aromatic carbocycles. The van der Waals surface area contributed by atoms with E-state index in [2.05, 4.69) is 22.7 Å². The number of carbonyl (C=O) groups excluding carboxylic acids is 2. The summed E-state index contributed by atoms with van der Waals surface area (Å²) in [5.41, 5.74) is 1.53. The van der Waals surface area contributed by atoms with Gasteiger partial charge in [0, 0.05) is 23.4 Å². The van der Waals surface area contributed by atoms with Gasteiger partial charge in [-0.15, -0.1) is 0 Å². The Labute approximate surface area is 169 Å². The molecule has 0 fully saturated rings. The lowest BCUT2D eigenvalue weighted by molar-refractivity contribution is -0.115. The third-order valence-electron chi connectivity index (χ3n) is 4.10. The van der Waals surface area contributed by atoms with Crippen molar-refractivity contribution in [2.75, 3.05) is 18.5 Å². The summed E-state index contributed by atoms with van der Waals surface area (Å²) in [6.07, 6.45) is 2.02. The first-order chi connectivity index (χ1) is 14.2. The maximum Gasteiger partial charge on any atom is 0.273 e. The van der Waals surface area contributed by atoms with Gasteiger partial charge in [0.1, 0.15) is 5.75 Å². The summed E-state index contributed by atoms with van der Waals surface area (Å²) in [6.45, 7) is 2.54. The van der Waals surface area contributed by atoms with Gasteiger partial charge in [-0.05, 0) is 18.6 Å². The Balaban J connectivity index is 1.50. The van der Waals surface area contributed by atoms with Gasteiger partial charge in [-0.3, -0.25) is 9.59 Å². The van der Waals surface area contributed by atoms with E-state index in [1.807, 2.05) is 36.4 Å². The number of nitrogens with one attached hydrogen (secondary N) is 2. The van der Waals surface area contributed by atoms with E-state index < -0.39 is 5.91 Å². The van der Waals surface area contributed by atoms with Crippen LogP contribution in [0.25, 0.3) is 11.3 Å². The lowest BCUT2D eigenvalue weighted by atomic mass is 10.1. The highest BCUT2D eigenvalue weighted by atomic mass is 16.5. The normalized spacial score (nSPS) is 10.4. The van der Waals surface area contributed by atoms with Crippen molar-refractivity contribution in [2.24, 2.45) is 0 Å². The third kappa shape index (κ3) is 5.93. The molecule has 7 heteroatoms. The molecule has 0 unspecified atom stereocenters. The SMILES string of the molecule is CCCCOc1cccc(NC(=O)CNC(=O)c2cc(-c3ccccc3)on2)c1. The number of rotatable bonds is 9. The van der Waals surface area contributed by atoms with E-state index in [-0.39, 0.29) is 18.1 Å².